The van der Waals surface area contributed by atoms with E-state index in [4.69, 9.17) is 15.2 Å². The van der Waals surface area contributed by atoms with Gasteiger partial charge in [0, 0.05) is 31.1 Å². The molecule has 3 aliphatic rings. The fourth-order valence-corrected chi connectivity index (χ4v) is 4.41. The average Bonchev–Trinajstić information content (AvgIpc) is 3.24. The summed E-state index contributed by atoms with van der Waals surface area (Å²) in [6.45, 7) is 2.44. The van der Waals surface area contributed by atoms with E-state index in [1.807, 2.05) is 0 Å². The predicted octanol–water partition coefficient (Wildman–Crippen LogP) is 2.63. The quantitative estimate of drug-likeness (QED) is 0.929. The smallest absolute Gasteiger partial charge is 0.0939 e. The van der Waals surface area contributed by atoms with Crippen LogP contribution < -0.4 is 5.73 Å². The lowest BCUT2D eigenvalue weighted by molar-refractivity contribution is -0.103. The molecule has 3 nitrogen and oxygen atoms in total. The second-order valence-electron chi connectivity index (χ2n) is 7.13. The summed E-state index contributed by atoms with van der Waals surface area (Å²) < 4.78 is 11.7. The van der Waals surface area contributed by atoms with Gasteiger partial charge in [0.15, 0.2) is 0 Å². The van der Waals surface area contributed by atoms with Gasteiger partial charge in [0.2, 0.25) is 0 Å². The lowest BCUT2D eigenvalue weighted by Crippen LogP contribution is -2.49. The lowest BCUT2D eigenvalue weighted by Gasteiger charge is -2.41. The van der Waals surface area contributed by atoms with Crippen molar-refractivity contribution >= 4 is 0 Å². The normalized spacial score (nSPS) is 35.8. The molecule has 3 heteroatoms. The van der Waals surface area contributed by atoms with E-state index >= 15 is 0 Å². The summed E-state index contributed by atoms with van der Waals surface area (Å²) in [6, 6.07) is 11.1. The zero-order valence-corrected chi connectivity index (χ0v) is 12.6. The minimum atomic E-state index is -0.0344. The molecule has 0 aromatic heterocycles. The molecule has 1 aliphatic carbocycles. The van der Waals surface area contributed by atoms with Gasteiger partial charge in [-0.3, -0.25) is 0 Å². The van der Waals surface area contributed by atoms with Gasteiger partial charge in [-0.2, -0.15) is 0 Å². The van der Waals surface area contributed by atoms with Crippen molar-refractivity contribution < 1.29 is 9.47 Å². The molecule has 2 heterocycles. The average molecular weight is 287 g/mol. The van der Waals surface area contributed by atoms with Gasteiger partial charge in [-0.25, -0.2) is 0 Å². The van der Waals surface area contributed by atoms with Crippen LogP contribution in [-0.4, -0.2) is 31.5 Å². The third-order valence-electron chi connectivity index (χ3n) is 5.88. The van der Waals surface area contributed by atoms with Crippen molar-refractivity contribution in [3.63, 3.8) is 0 Å². The number of ether oxygens (including phenoxy) is 2. The minimum absolute atomic E-state index is 0.0344. The van der Waals surface area contributed by atoms with E-state index < -0.39 is 0 Å². The molecule has 2 saturated heterocycles. The molecule has 3 atom stereocenters. The molecule has 0 radical (unpaired) electrons. The summed E-state index contributed by atoms with van der Waals surface area (Å²) in [5.74, 6) is 0.558. The predicted molar refractivity (Wildman–Crippen MR) is 82.2 cm³/mol. The fourth-order valence-electron chi connectivity index (χ4n) is 4.41. The highest BCUT2D eigenvalue weighted by Gasteiger charge is 2.53. The van der Waals surface area contributed by atoms with Crippen molar-refractivity contribution in [3.8, 4) is 0 Å². The second-order valence-corrected chi connectivity index (χ2v) is 7.13. The van der Waals surface area contributed by atoms with Crippen molar-refractivity contribution in [2.24, 2.45) is 11.7 Å². The van der Waals surface area contributed by atoms with Crippen molar-refractivity contribution in [1.82, 2.24) is 0 Å². The molecule has 2 N–H and O–H groups in total. The molecular weight excluding hydrogens is 262 g/mol. The zero-order chi connectivity index (χ0) is 14.3. The summed E-state index contributed by atoms with van der Waals surface area (Å²) in [6.07, 6.45) is 5.67. The van der Waals surface area contributed by atoms with E-state index in [0.29, 0.717) is 5.92 Å². The standard InChI is InChI=1S/C18H25NO2/c19-16(18(7-8-18)15-4-2-1-3-5-15)14-6-10-21-17(12-14)9-11-20-13-17/h1-5,14,16H,6-13,19H2. The minimum Gasteiger partial charge on any atom is -0.378 e. The molecule has 3 fully saturated rings. The van der Waals surface area contributed by atoms with Crippen LogP contribution in [0.25, 0.3) is 0 Å². The van der Waals surface area contributed by atoms with Gasteiger partial charge in [0.05, 0.1) is 12.2 Å². The maximum atomic E-state index is 6.78. The van der Waals surface area contributed by atoms with Gasteiger partial charge in [-0.05, 0) is 37.2 Å². The van der Waals surface area contributed by atoms with E-state index in [1.165, 1.54) is 18.4 Å². The largest absolute Gasteiger partial charge is 0.378 e. The van der Waals surface area contributed by atoms with Crippen molar-refractivity contribution in [2.75, 3.05) is 19.8 Å². The first-order valence-corrected chi connectivity index (χ1v) is 8.27. The van der Waals surface area contributed by atoms with Gasteiger partial charge < -0.3 is 15.2 Å². The van der Waals surface area contributed by atoms with E-state index in [0.717, 1.165) is 39.1 Å². The molecule has 0 amide bonds. The van der Waals surface area contributed by atoms with Crippen molar-refractivity contribution in [1.29, 1.82) is 0 Å². The van der Waals surface area contributed by atoms with Gasteiger partial charge in [0.25, 0.3) is 0 Å². The molecule has 2 aliphatic heterocycles. The Hall–Kier alpha value is -0.900. The van der Waals surface area contributed by atoms with E-state index in [1.54, 1.807) is 0 Å². The molecule has 4 rings (SSSR count). The topological polar surface area (TPSA) is 44.5 Å². The van der Waals surface area contributed by atoms with Gasteiger partial charge in [-0.15, -0.1) is 0 Å². The Morgan fingerprint density at radius 3 is 2.57 bits per heavy atom. The molecule has 1 spiro atoms. The van der Waals surface area contributed by atoms with E-state index in [-0.39, 0.29) is 17.1 Å². The Bertz CT molecular complexity index is 491. The molecule has 0 bridgehead atoms. The number of hydrogen-bond acceptors (Lipinski definition) is 3. The summed E-state index contributed by atoms with van der Waals surface area (Å²) in [7, 11) is 0. The maximum Gasteiger partial charge on any atom is 0.0939 e. The van der Waals surface area contributed by atoms with Crippen LogP contribution in [0.4, 0.5) is 0 Å². The van der Waals surface area contributed by atoms with Crippen molar-refractivity contribution in [2.45, 2.75) is 49.2 Å². The fraction of sp³-hybridized carbons (Fsp3) is 0.667. The first-order valence-electron chi connectivity index (χ1n) is 8.27. The van der Waals surface area contributed by atoms with Crippen LogP contribution in [0.5, 0.6) is 0 Å². The number of rotatable bonds is 3. The maximum absolute atomic E-state index is 6.78. The Kier molecular flexibility index (Phi) is 3.32. The molecular formula is C18H25NO2. The summed E-state index contributed by atoms with van der Waals surface area (Å²) >= 11 is 0. The highest BCUT2D eigenvalue weighted by atomic mass is 16.6. The van der Waals surface area contributed by atoms with Crippen LogP contribution in [-0.2, 0) is 14.9 Å². The van der Waals surface area contributed by atoms with Crippen molar-refractivity contribution in [3.05, 3.63) is 35.9 Å². The summed E-state index contributed by atoms with van der Waals surface area (Å²) in [4.78, 5) is 0. The summed E-state index contributed by atoms with van der Waals surface area (Å²) in [5, 5.41) is 0. The lowest BCUT2D eigenvalue weighted by atomic mass is 9.74. The van der Waals surface area contributed by atoms with Gasteiger partial charge in [0.1, 0.15) is 0 Å². The SMILES string of the molecule is NC(C1CCOC2(CCOC2)C1)C1(c2ccccc2)CC1. The number of hydrogen-bond donors (Lipinski definition) is 1. The van der Waals surface area contributed by atoms with Gasteiger partial charge in [-0.1, -0.05) is 30.3 Å². The molecule has 1 aromatic rings. The van der Waals surface area contributed by atoms with E-state index in [9.17, 15) is 0 Å². The Morgan fingerprint density at radius 1 is 1.10 bits per heavy atom. The first kappa shape index (κ1) is 13.7. The zero-order valence-electron chi connectivity index (χ0n) is 12.6. The van der Waals surface area contributed by atoms with E-state index in [2.05, 4.69) is 30.3 Å². The molecule has 114 valence electrons. The third-order valence-corrected chi connectivity index (χ3v) is 5.88. The highest BCUT2D eigenvalue weighted by molar-refractivity contribution is 5.34. The Morgan fingerprint density at radius 2 is 1.90 bits per heavy atom. The Balaban J connectivity index is 1.53. The molecule has 1 saturated carbocycles. The number of nitrogens with two attached hydrogens (primary N) is 1. The molecule has 3 unspecified atom stereocenters. The van der Waals surface area contributed by atoms with Gasteiger partial charge >= 0.3 is 0 Å². The van der Waals surface area contributed by atoms with Crippen LogP contribution >= 0.6 is 0 Å². The molecule has 21 heavy (non-hydrogen) atoms. The second kappa shape index (κ2) is 5.08. The van der Waals surface area contributed by atoms with Crippen LogP contribution in [0.1, 0.15) is 37.7 Å². The monoisotopic (exact) mass is 287 g/mol. The van der Waals surface area contributed by atoms with Crippen LogP contribution in [0.15, 0.2) is 30.3 Å². The molecule has 1 aromatic carbocycles. The first-order chi connectivity index (χ1) is 10.2. The number of benzene rings is 1. The van der Waals surface area contributed by atoms with Crippen LogP contribution in [0.2, 0.25) is 0 Å². The highest BCUT2D eigenvalue weighted by Crippen LogP contribution is 2.54. The third kappa shape index (κ3) is 2.32. The summed E-state index contributed by atoms with van der Waals surface area (Å²) in [5.41, 5.74) is 8.40. The van der Waals surface area contributed by atoms with Crippen LogP contribution in [0, 0.1) is 5.92 Å². The van der Waals surface area contributed by atoms with Crippen LogP contribution in [0.3, 0.4) is 0 Å². The Labute approximate surface area is 126 Å².